The first-order chi connectivity index (χ1) is 8.24. The molecule has 104 valence electrons. The topological polar surface area (TPSA) is 98.7 Å². The number of amides is 3. The first kappa shape index (κ1) is 16.2. The Morgan fingerprint density at radius 3 is 2.17 bits per heavy atom. The minimum Gasteiger partial charge on any atom is -0.480 e. The van der Waals surface area contributed by atoms with Gasteiger partial charge in [0.05, 0.1) is 0 Å². The highest BCUT2D eigenvalue weighted by molar-refractivity contribution is 5.88. The van der Waals surface area contributed by atoms with Gasteiger partial charge in [-0.2, -0.15) is 0 Å². The van der Waals surface area contributed by atoms with E-state index in [0.29, 0.717) is 13.1 Å². The Morgan fingerprint density at radius 1 is 1.22 bits per heavy atom. The fraction of sp³-hybridized carbons (Fsp3) is 0.727. The number of nitrogens with one attached hydrogen (secondary N) is 2. The van der Waals surface area contributed by atoms with Gasteiger partial charge in [-0.25, -0.2) is 9.59 Å². The van der Waals surface area contributed by atoms with Gasteiger partial charge in [0.15, 0.2) is 0 Å². The van der Waals surface area contributed by atoms with Crippen LogP contribution in [0.1, 0.15) is 27.7 Å². The van der Waals surface area contributed by atoms with Crippen LogP contribution in [0.3, 0.4) is 0 Å². The number of carbonyl (C=O) groups is 3. The lowest BCUT2D eigenvalue weighted by atomic mass is 10.1. The Hall–Kier alpha value is -1.79. The molecule has 0 rings (SSSR count). The van der Waals surface area contributed by atoms with E-state index in [2.05, 4.69) is 10.6 Å². The Labute approximate surface area is 107 Å². The second kappa shape index (κ2) is 6.83. The zero-order valence-corrected chi connectivity index (χ0v) is 11.2. The maximum atomic E-state index is 11.8. The van der Waals surface area contributed by atoms with Gasteiger partial charge in [0.25, 0.3) is 0 Å². The lowest BCUT2D eigenvalue weighted by Gasteiger charge is -2.27. The van der Waals surface area contributed by atoms with Crippen LogP contribution in [0.5, 0.6) is 0 Å². The van der Waals surface area contributed by atoms with Gasteiger partial charge in [-0.3, -0.25) is 4.79 Å². The molecule has 0 heterocycles. The van der Waals surface area contributed by atoms with E-state index in [-0.39, 0.29) is 12.5 Å². The molecule has 18 heavy (non-hydrogen) atoms. The summed E-state index contributed by atoms with van der Waals surface area (Å²) in [5, 5.41) is 13.8. The molecule has 0 bridgehead atoms. The zero-order valence-electron chi connectivity index (χ0n) is 11.2. The number of nitrogens with zero attached hydrogens (tertiary/aromatic N) is 1. The summed E-state index contributed by atoms with van der Waals surface area (Å²) < 4.78 is 0. The molecule has 3 amide bonds. The normalized spacial score (nSPS) is 10.7. The molecule has 7 nitrogen and oxygen atoms in total. The summed E-state index contributed by atoms with van der Waals surface area (Å²) in [5.74, 6) is -1.41. The number of carboxylic acids is 1. The van der Waals surface area contributed by atoms with E-state index in [1.165, 1.54) is 18.7 Å². The summed E-state index contributed by atoms with van der Waals surface area (Å²) in [4.78, 5) is 35.3. The van der Waals surface area contributed by atoms with E-state index in [4.69, 9.17) is 5.11 Å². The summed E-state index contributed by atoms with van der Waals surface area (Å²) in [7, 11) is 0. The first-order valence-corrected chi connectivity index (χ1v) is 5.81. The fourth-order valence-electron chi connectivity index (χ4n) is 1.15. The molecule has 0 aliphatic rings. The highest BCUT2D eigenvalue weighted by Gasteiger charge is 2.30. The molecule has 3 N–H and O–H groups in total. The molecule has 0 radical (unpaired) electrons. The predicted molar refractivity (Wildman–Crippen MR) is 66.2 cm³/mol. The monoisotopic (exact) mass is 259 g/mol. The van der Waals surface area contributed by atoms with Crippen LogP contribution >= 0.6 is 0 Å². The van der Waals surface area contributed by atoms with E-state index >= 15 is 0 Å². The summed E-state index contributed by atoms with van der Waals surface area (Å²) in [5.41, 5.74) is -1.37. The van der Waals surface area contributed by atoms with Crippen LogP contribution < -0.4 is 10.6 Å². The molecule has 0 aliphatic heterocycles. The molecule has 0 unspecified atom stereocenters. The smallest absolute Gasteiger partial charge is 0.328 e. The van der Waals surface area contributed by atoms with Crippen molar-refractivity contribution in [1.82, 2.24) is 15.5 Å². The van der Waals surface area contributed by atoms with E-state index in [0.717, 1.165) is 0 Å². The molecule has 0 aromatic carbocycles. The second-order valence-electron chi connectivity index (χ2n) is 4.33. The zero-order chi connectivity index (χ0) is 14.3. The quantitative estimate of drug-likeness (QED) is 0.626. The van der Waals surface area contributed by atoms with Gasteiger partial charge in [0.2, 0.25) is 5.91 Å². The molecule has 0 spiro atoms. The van der Waals surface area contributed by atoms with Crippen molar-refractivity contribution in [2.45, 2.75) is 33.2 Å². The number of urea groups is 1. The fourth-order valence-corrected chi connectivity index (χ4v) is 1.15. The van der Waals surface area contributed by atoms with Crippen molar-refractivity contribution >= 4 is 17.9 Å². The number of carboxylic acid groups (broad SMARTS) is 1. The maximum absolute atomic E-state index is 11.8. The SMILES string of the molecule is CCNC(=O)CN(CC)C(=O)NC(C)(C)C(=O)O. The molecular weight excluding hydrogens is 238 g/mol. The Kier molecular flexibility index (Phi) is 6.15. The van der Waals surface area contributed by atoms with Crippen LogP contribution in [0.2, 0.25) is 0 Å². The Bertz CT molecular complexity index is 328. The van der Waals surface area contributed by atoms with Gasteiger partial charge < -0.3 is 20.6 Å². The lowest BCUT2D eigenvalue weighted by molar-refractivity contribution is -0.143. The van der Waals surface area contributed by atoms with Gasteiger partial charge in [0, 0.05) is 13.1 Å². The van der Waals surface area contributed by atoms with Crippen LogP contribution in [-0.4, -0.2) is 53.1 Å². The van der Waals surface area contributed by atoms with Crippen molar-refractivity contribution in [2.24, 2.45) is 0 Å². The van der Waals surface area contributed by atoms with Crippen molar-refractivity contribution in [3.8, 4) is 0 Å². The van der Waals surface area contributed by atoms with Crippen molar-refractivity contribution in [3.05, 3.63) is 0 Å². The third kappa shape index (κ3) is 5.03. The van der Waals surface area contributed by atoms with Gasteiger partial charge in [0.1, 0.15) is 12.1 Å². The first-order valence-electron chi connectivity index (χ1n) is 5.81. The van der Waals surface area contributed by atoms with Crippen LogP contribution in [0, 0.1) is 0 Å². The number of likely N-dealkylation sites (N-methyl/N-ethyl adjacent to an activating group) is 2. The molecule has 0 saturated carbocycles. The number of hydrogen-bond donors (Lipinski definition) is 3. The largest absolute Gasteiger partial charge is 0.480 e. The minimum atomic E-state index is -1.37. The van der Waals surface area contributed by atoms with Crippen molar-refractivity contribution in [3.63, 3.8) is 0 Å². The summed E-state index contributed by atoms with van der Waals surface area (Å²) in [6.45, 7) is 6.97. The highest BCUT2D eigenvalue weighted by Crippen LogP contribution is 2.03. The number of carbonyl (C=O) groups excluding carboxylic acids is 2. The van der Waals surface area contributed by atoms with Crippen LogP contribution in [-0.2, 0) is 9.59 Å². The van der Waals surface area contributed by atoms with E-state index in [1.54, 1.807) is 13.8 Å². The Balaban J connectivity index is 4.53. The second-order valence-corrected chi connectivity index (χ2v) is 4.33. The average Bonchev–Trinajstić information content (AvgIpc) is 2.25. The molecule has 0 aromatic heterocycles. The molecule has 0 atom stereocenters. The third-order valence-corrected chi connectivity index (χ3v) is 2.33. The van der Waals surface area contributed by atoms with Crippen LogP contribution in [0.25, 0.3) is 0 Å². The van der Waals surface area contributed by atoms with Crippen LogP contribution in [0.15, 0.2) is 0 Å². The highest BCUT2D eigenvalue weighted by atomic mass is 16.4. The lowest BCUT2D eigenvalue weighted by Crippen LogP contribution is -2.55. The van der Waals surface area contributed by atoms with Crippen molar-refractivity contribution in [1.29, 1.82) is 0 Å². The molecule has 0 saturated heterocycles. The van der Waals surface area contributed by atoms with E-state index in [9.17, 15) is 14.4 Å². The molecular formula is C11H21N3O4. The van der Waals surface area contributed by atoms with E-state index < -0.39 is 17.5 Å². The molecule has 0 aliphatic carbocycles. The Morgan fingerprint density at radius 2 is 1.78 bits per heavy atom. The molecule has 7 heteroatoms. The minimum absolute atomic E-state index is 0.0914. The van der Waals surface area contributed by atoms with Crippen LogP contribution in [0.4, 0.5) is 4.79 Å². The van der Waals surface area contributed by atoms with Gasteiger partial charge in [-0.05, 0) is 27.7 Å². The van der Waals surface area contributed by atoms with Gasteiger partial charge in [-0.15, -0.1) is 0 Å². The number of rotatable bonds is 6. The molecule has 0 aromatic rings. The predicted octanol–water partition coefficient (Wildman–Crippen LogP) is 0.0172. The standard InChI is InChI=1S/C11H21N3O4/c1-5-12-8(15)7-14(6-2)10(18)13-11(3,4)9(16)17/h5-7H2,1-4H3,(H,12,15)(H,13,18)(H,16,17). The number of aliphatic carboxylic acids is 1. The van der Waals surface area contributed by atoms with Gasteiger partial charge >= 0.3 is 12.0 Å². The summed E-state index contributed by atoms with van der Waals surface area (Å²) in [6.07, 6.45) is 0. The molecule has 0 fully saturated rings. The maximum Gasteiger partial charge on any atom is 0.328 e. The number of hydrogen-bond acceptors (Lipinski definition) is 3. The van der Waals surface area contributed by atoms with Gasteiger partial charge in [-0.1, -0.05) is 0 Å². The van der Waals surface area contributed by atoms with Crippen molar-refractivity contribution < 1.29 is 19.5 Å². The average molecular weight is 259 g/mol. The van der Waals surface area contributed by atoms with Crippen molar-refractivity contribution in [2.75, 3.05) is 19.6 Å². The summed E-state index contributed by atoms with van der Waals surface area (Å²) >= 11 is 0. The third-order valence-electron chi connectivity index (χ3n) is 2.33. The summed E-state index contributed by atoms with van der Waals surface area (Å²) in [6, 6.07) is -0.573. The van der Waals surface area contributed by atoms with E-state index in [1.807, 2.05) is 0 Å².